The number of nitrogens with one attached hydrogen (secondary N) is 3. The van der Waals surface area contributed by atoms with Crippen LogP contribution < -0.4 is 10.3 Å². The summed E-state index contributed by atoms with van der Waals surface area (Å²) in [5.74, 6) is -0.484. The van der Waals surface area contributed by atoms with Crippen LogP contribution in [0, 0.1) is 11.3 Å². The average Bonchev–Trinajstić information content (AvgIpc) is 3.03. The first-order valence-corrected chi connectivity index (χ1v) is 8.84. The normalized spacial score (nSPS) is 11.2. The predicted molar refractivity (Wildman–Crippen MR) is 91.6 cm³/mol. The predicted octanol–water partition coefficient (Wildman–Crippen LogP) is 1.59. The van der Waals surface area contributed by atoms with Crippen LogP contribution in [-0.4, -0.2) is 19.3 Å². The van der Waals surface area contributed by atoms with Crippen molar-refractivity contribution in [2.75, 3.05) is 0 Å². The Morgan fingerprint density at radius 3 is 2.56 bits per heavy atom. The zero-order valence-electron chi connectivity index (χ0n) is 13.0. The minimum atomic E-state index is -3.90. The van der Waals surface area contributed by atoms with Gasteiger partial charge in [-0.05, 0) is 35.9 Å². The van der Waals surface area contributed by atoms with Gasteiger partial charge >= 0.3 is 0 Å². The zero-order valence-corrected chi connectivity index (χ0v) is 13.8. The van der Waals surface area contributed by atoms with Crippen molar-refractivity contribution in [3.63, 3.8) is 0 Å². The van der Waals surface area contributed by atoms with E-state index >= 15 is 0 Å². The van der Waals surface area contributed by atoms with E-state index in [4.69, 9.17) is 5.26 Å². The number of hydrazine groups is 1. The third-order valence-corrected chi connectivity index (χ3v) is 4.91. The van der Waals surface area contributed by atoms with E-state index in [-0.39, 0.29) is 11.3 Å². The average molecular weight is 354 g/mol. The number of benzene rings is 2. The molecule has 0 spiro atoms. The molecule has 0 unspecified atom stereocenters. The van der Waals surface area contributed by atoms with Crippen LogP contribution in [0.4, 0.5) is 0 Å². The van der Waals surface area contributed by atoms with Gasteiger partial charge in [-0.2, -0.15) is 5.26 Å². The van der Waals surface area contributed by atoms with Crippen molar-refractivity contribution < 1.29 is 13.2 Å². The highest BCUT2D eigenvalue weighted by Crippen LogP contribution is 2.18. The molecule has 3 N–H and O–H groups in total. The summed E-state index contributed by atoms with van der Waals surface area (Å²) in [6, 6.07) is 14.8. The van der Waals surface area contributed by atoms with Gasteiger partial charge in [-0.1, -0.05) is 18.2 Å². The molecule has 8 heteroatoms. The number of carbonyl (C=O) groups excluding carboxylic acids is 1. The van der Waals surface area contributed by atoms with Crippen molar-refractivity contribution in [1.82, 2.24) is 15.2 Å². The first kappa shape index (κ1) is 16.7. The van der Waals surface area contributed by atoms with Gasteiger partial charge in [0.1, 0.15) is 0 Å². The fourth-order valence-corrected chi connectivity index (χ4v) is 3.25. The zero-order chi connectivity index (χ0) is 17.9. The highest BCUT2D eigenvalue weighted by Gasteiger charge is 2.16. The number of amides is 1. The Balaban J connectivity index is 1.66. The maximum absolute atomic E-state index is 12.1. The van der Waals surface area contributed by atoms with Crippen molar-refractivity contribution in [3.8, 4) is 6.07 Å². The van der Waals surface area contributed by atoms with Crippen molar-refractivity contribution in [3.05, 3.63) is 65.9 Å². The second-order valence-corrected chi connectivity index (χ2v) is 7.01. The molecule has 3 rings (SSSR count). The monoisotopic (exact) mass is 354 g/mol. The lowest BCUT2D eigenvalue weighted by Gasteiger charge is -2.08. The number of nitrogens with zero attached hydrogens (tertiary/aromatic N) is 1. The number of nitriles is 1. The van der Waals surface area contributed by atoms with E-state index in [0.717, 1.165) is 16.5 Å². The molecular formula is C17H14N4O3S. The summed E-state index contributed by atoms with van der Waals surface area (Å²) in [4.78, 5) is 17.1. The Hall–Kier alpha value is -3.15. The molecule has 1 heterocycles. The molecule has 126 valence electrons. The Morgan fingerprint density at radius 1 is 1.12 bits per heavy atom. The number of carbonyl (C=O) groups is 1. The molecule has 3 aromatic rings. The minimum Gasteiger partial charge on any atom is -0.361 e. The highest BCUT2D eigenvalue weighted by atomic mass is 32.2. The Morgan fingerprint density at radius 2 is 1.84 bits per heavy atom. The minimum absolute atomic E-state index is 0.0277. The molecule has 0 atom stereocenters. The molecule has 0 saturated carbocycles. The highest BCUT2D eigenvalue weighted by molar-refractivity contribution is 7.89. The van der Waals surface area contributed by atoms with Gasteiger partial charge in [0, 0.05) is 17.1 Å². The number of rotatable bonds is 5. The van der Waals surface area contributed by atoms with E-state index < -0.39 is 15.9 Å². The molecule has 0 aliphatic heterocycles. The van der Waals surface area contributed by atoms with Crippen LogP contribution in [-0.2, 0) is 21.2 Å². The number of aromatic nitrogens is 1. The lowest BCUT2D eigenvalue weighted by Crippen LogP contribution is -2.42. The largest absolute Gasteiger partial charge is 0.361 e. The molecule has 0 radical (unpaired) electrons. The first-order chi connectivity index (χ1) is 12.0. The van der Waals surface area contributed by atoms with E-state index in [1.807, 2.05) is 30.3 Å². The van der Waals surface area contributed by atoms with Gasteiger partial charge in [0.15, 0.2) is 0 Å². The Kier molecular flexibility index (Phi) is 4.52. The Labute approximate surface area is 144 Å². The standard InChI is InChI=1S/C17H14N4O3S/c18-10-12-5-7-14(8-6-12)25(23,24)21-20-17(22)9-13-11-19-16-4-2-1-3-15(13)16/h1-8,11,19,21H,9H2,(H,20,22). The van der Waals surface area contributed by atoms with Crippen LogP contribution in [0.3, 0.4) is 0 Å². The van der Waals surface area contributed by atoms with Crippen molar-refractivity contribution >= 4 is 26.8 Å². The molecule has 0 saturated heterocycles. The third kappa shape index (κ3) is 3.68. The number of para-hydroxylation sites is 1. The SMILES string of the molecule is N#Cc1ccc(S(=O)(=O)NNC(=O)Cc2c[nH]c3ccccc23)cc1. The van der Waals surface area contributed by atoms with E-state index in [1.54, 1.807) is 6.20 Å². The Bertz CT molecular complexity index is 1060. The fraction of sp³-hybridized carbons (Fsp3) is 0.0588. The molecule has 0 fully saturated rings. The number of hydrogen-bond donors (Lipinski definition) is 3. The van der Waals surface area contributed by atoms with Gasteiger partial charge in [0.05, 0.1) is 22.9 Å². The first-order valence-electron chi connectivity index (χ1n) is 7.35. The van der Waals surface area contributed by atoms with Gasteiger partial charge in [-0.15, -0.1) is 4.83 Å². The van der Waals surface area contributed by atoms with Gasteiger partial charge in [-0.25, -0.2) is 8.42 Å². The quantitative estimate of drug-likeness (QED) is 0.604. The van der Waals surface area contributed by atoms with Crippen LogP contribution in [0.25, 0.3) is 10.9 Å². The lowest BCUT2D eigenvalue weighted by molar-refractivity contribution is -0.120. The molecule has 0 aliphatic carbocycles. The second-order valence-electron chi connectivity index (χ2n) is 5.33. The molecule has 0 bridgehead atoms. The molecule has 1 amide bonds. The molecule has 0 aliphatic rings. The van der Waals surface area contributed by atoms with Crippen LogP contribution >= 0.6 is 0 Å². The summed E-state index contributed by atoms with van der Waals surface area (Å²) in [6.07, 6.45) is 1.75. The third-order valence-electron chi connectivity index (χ3n) is 3.64. The van der Waals surface area contributed by atoms with Crippen molar-refractivity contribution in [2.45, 2.75) is 11.3 Å². The van der Waals surface area contributed by atoms with E-state index in [0.29, 0.717) is 5.56 Å². The van der Waals surface area contributed by atoms with Gasteiger partial charge < -0.3 is 4.98 Å². The van der Waals surface area contributed by atoms with Crippen LogP contribution in [0.2, 0.25) is 0 Å². The molecule has 25 heavy (non-hydrogen) atoms. The summed E-state index contributed by atoms with van der Waals surface area (Å²) in [6.45, 7) is 0. The number of aromatic amines is 1. The van der Waals surface area contributed by atoms with E-state index in [9.17, 15) is 13.2 Å². The molecule has 7 nitrogen and oxygen atoms in total. The number of H-pyrrole nitrogens is 1. The number of sulfonamides is 1. The van der Waals surface area contributed by atoms with Crippen molar-refractivity contribution in [2.24, 2.45) is 0 Å². The summed E-state index contributed by atoms with van der Waals surface area (Å²) in [7, 11) is -3.90. The summed E-state index contributed by atoms with van der Waals surface area (Å²) in [5, 5.41) is 9.64. The second kappa shape index (κ2) is 6.76. The summed E-state index contributed by atoms with van der Waals surface area (Å²) < 4.78 is 24.3. The topological polar surface area (TPSA) is 115 Å². The number of fused-ring (bicyclic) bond motifs is 1. The number of hydrogen-bond acceptors (Lipinski definition) is 4. The van der Waals surface area contributed by atoms with Gasteiger partial charge in [0.25, 0.3) is 10.0 Å². The van der Waals surface area contributed by atoms with Gasteiger partial charge in [-0.3, -0.25) is 10.2 Å². The molecule has 2 aromatic carbocycles. The summed E-state index contributed by atoms with van der Waals surface area (Å²) in [5.41, 5.74) is 4.22. The molecular weight excluding hydrogens is 340 g/mol. The van der Waals surface area contributed by atoms with Crippen molar-refractivity contribution in [1.29, 1.82) is 5.26 Å². The van der Waals surface area contributed by atoms with Crippen LogP contribution in [0.1, 0.15) is 11.1 Å². The van der Waals surface area contributed by atoms with E-state index in [2.05, 4.69) is 15.2 Å². The van der Waals surface area contributed by atoms with E-state index in [1.165, 1.54) is 24.3 Å². The van der Waals surface area contributed by atoms with Crippen LogP contribution in [0.15, 0.2) is 59.6 Å². The maximum atomic E-state index is 12.1. The lowest BCUT2D eigenvalue weighted by atomic mass is 10.1. The maximum Gasteiger partial charge on any atom is 0.257 e. The smallest absolute Gasteiger partial charge is 0.257 e. The molecule has 1 aromatic heterocycles. The van der Waals surface area contributed by atoms with Gasteiger partial charge in [0.2, 0.25) is 5.91 Å². The fourth-order valence-electron chi connectivity index (χ4n) is 2.39. The summed E-state index contributed by atoms with van der Waals surface area (Å²) >= 11 is 0. The van der Waals surface area contributed by atoms with Crippen LogP contribution in [0.5, 0.6) is 0 Å².